The van der Waals surface area contributed by atoms with Crippen LogP contribution >= 0.6 is 0 Å². The van der Waals surface area contributed by atoms with Crippen LogP contribution in [-0.2, 0) is 22.4 Å². The number of fused-ring (bicyclic) bond motifs is 1. The molecule has 6 heteroatoms. The molecular formula is C15H22N4O2. The first-order valence-electron chi connectivity index (χ1n) is 7.63. The molecule has 0 aromatic carbocycles. The molecule has 0 saturated carbocycles. The van der Waals surface area contributed by atoms with Crippen molar-refractivity contribution < 1.29 is 9.59 Å². The van der Waals surface area contributed by atoms with Gasteiger partial charge in [0.2, 0.25) is 11.8 Å². The summed E-state index contributed by atoms with van der Waals surface area (Å²) in [6.07, 6.45) is 2.52. The number of aromatic nitrogens is 2. The highest BCUT2D eigenvalue weighted by atomic mass is 16.2. The number of H-pyrrole nitrogens is 1. The van der Waals surface area contributed by atoms with Crippen LogP contribution in [0.1, 0.15) is 30.6 Å². The Kier molecular flexibility index (Phi) is 3.69. The molecule has 1 saturated heterocycles. The second-order valence-electron chi connectivity index (χ2n) is 6.02. The van der Waals surface area contributed by atoms with Crippen molar-refractivity contribution in [1.29, 1.82) is 0 Å². The first-order valence-corrected chi connectivity index (χ1v) is 7.63. The highest BCUT2D eigenvalue weighted by molar-refractivity contribution is 5.80. The smallest absolute Gasteiger partial charge is 0.226 e. The molecule has 0 spiro atoms. The second kappa shape index (κ2) is 5.50. The second-order valence-corrected chi connectivity index (χ2v) is 6.02. The van der Waals surface area contributed by atoms with Crippen molar-refractivity contribution in [3.8, 4) is 0 Å². The Bertz CT molecular complexity index is 558. The average Bonchev–Trinajstić information content (AvgIpc) is 2.85. The Hall–Kier alpha value is -1.85. The van der Waals surface area contributed by atoms with Crippen LogP contribution in [0.2, 0.25) is 0 Å². The Morgan fingerprint density at radius 1 is 1.19 bits per heavy atom. The van der Waals surface area contributed by atoms with Crippen molar-refractivity contribution in [2.75, 3.05) is 26.2 Å². The largest absolute Gasteiger partial charge is 0.346 e. The maximum absolute atomic E-state index is 12.6. The van der Waals surface area contributed by atoms with E-state index in [9.17, 15) is 9.59 Å². The number of amides is 2. The molecule has 6 nitrogen and oxygen atoms in total. The summed E-state index contributed by atoms with van der Waals surface area (Å²) in [5, 5.41) is 0. The summed E-state index contributed by atoms with van der Waals surface area (Å²) in [5.74, 6) is 1.32. The van der Waals surface area contributed by atoms with Gasteiger partial charge in [-0.1, -0.05) is 0 Å². The zero-order valence-corrected chi connectivity index (χ0v) is 12.7. The molecule has 1 aliphatic heterocycles. The molecule has 114 valence electrons. The topological polar surface area (TPSA) is 69.3 Å². The standard InChI is InChI=1S/C15H22N4O2/c1-10-16-13-4-3-12(9-14(13)17-10)15(21)19-7-5-18(6-8-19)11(2)20/h12H,3-9H2,1-2H3,(H,16,17). The molecule has 1 N–H and O–H groups in total. The van der Waals surface area contributed by atoms with Gasteiger partial charge in [0.15, 0.2) is 0 Å². The van der Waals surface area contributed by atoms with Crippen molar-refractivity contribution in [3.05, 3.63) is 17.2 Å². The van der Waals surface area contributed by atoms with Crippen molar-refractivity contribution in [2.45, 2.75) is 33.1 Å². The molecule has 3 rings (SSSR count). The van der Waals surface area contributed by atoms with E-state index in [-0.39, 0.29) is 17.7 Å². The average molecular weight is 290 g/mol. The summed E-state index contributed by atoms with van der Waals surface area (Å²) in [6, 6.07) is 0. The fraction of sp³-hybridized carbons (Fsp3) is 0.667. The number of carbonyl (C=O) groups is 2. The third kappa shape index (κ3) is 2.80. The van der Waals surface area contributed by atoms with Gasteiger partial charge in [-0.15, -0.1) is 0 Å². The maximum Gasteiger partial charge on any atom is 0.226 e. The van der Waals surface area contributed by atoms with Gasteiger partial charge >= 0.3 is 0 Å². The molecule has 0 radical (unpaired) electrons. The van der Waals surface area contributed by atoms with Crippen LogP contribution in [0.4, 0.5) is 0 Å². The zero-order valence-electron chi connectivity index (χ0n) is 12.7. The lowest BCUT2D eigenvalue weighted by atomic mass is 9.88. The molecule has 0 bridgehead atoms. The molecule has 1 aromatic rings. The highest BCUT2D eigenvalue weighted by Crippen LogP contribution is 2.25. The van der Waals surface area contributed by atoms with E-state index in [4.69, 9.17) is 0 Å². The lowest BCUT2D eigenvalue weighted by Gasteiger charge is -2.36. The number of aryl methyl sites for hydroxylation is 2. The number of hydrogen-bond acceptors (Lipinski definition) is 3. The Morgan fingerprint density at radius 3 is 2.52 bits per heavy atom. The third-order valence-corrected chi connectivity index (χ3v) is 4.55. The van der Waals surface area contributed by atoms with Gasteiger partial charge in [0, 0.05) is 51.1 Å². The molecule has 1 unspecified atom stereocenters. The minimum atomic E-state index is 0.0567. The number of piperazine rings is 1. The van der Waals surface area contributed by atoms with E-state index in [2.05, 4.69) is 9.97 Å². The van der Waals surface area contributed by atoms with Crippen LogP contribution in [0.5, 0.6) is 0 Å². The van der Waals surface area contributed by atoms with Gasteiger partial charge in [-0.25, -0.2) is 4.98 Å². The van der Waals surface area contributed by atoms with Gasteiger partial charge in [0.25, 0.3) is 0 Å². The normalized spacial score (nSPS) is 22.1. The van der Waals surface area contributed by atoms with Gasteiger partial charge in [-0.3, -0.25) is 9.59 Å². The summed E-state index contributed by atoms with van der Waals surface area (Å²) < 4.78 is 0. The minimum absolute atomic E-state index is 0.0567. The van der Waals surface area contributed by atoms with Gasteiger partial charge in [0.05, 0.1) is 5.69 Å². The highest BCUT2D eigenvalue weighted by Gasteiger charge is 2.31. The fourth-order valence-corrected chi connectivity index (χ4v) is 3.33. The van der Waals surface area contributed by atoms with Crippen molar-refractivity contribution in [3.63, 3.8) is 0 Å². The van der Waals surface area contributed by atoms with Crippen LogP contribution in [0.25, 0.3) is 0 Å². The minimum Gasteiger partial charge on any atom is -0.346 e. The van der Waals surface area contributed by atoms with Crippen LogP contribution in [0.3, 0.4) is 0 Å². The van der Waals surface area contributed by atoms with Gasteiger partial charge < -0.3 is 14.8 Å². The predicted molar refractivity (Wildman–Crippen MR) is 77.7 cm³/mol. The molecule has 1 aromatic heterocycles. The van der Waals surface area contributed by atoms with Gasteiger partial charge in [0.1, 0.15) is 5.82 Å². The lowest BCUT2D eigenvalue weighted by Crippen LogP contribution is -2.52. The number of carbonyl (C=O) groups excluding carboxylic acids is 2. The number of rotatable bonds is 1. The van der Waals surface area contributed by atoms with E-state index < -0.39 is 0 Å². The first-order chi connectivity index (χ1) is 10.0. The number of imidazole rings is 1. The van der Waals surface area contributed by atoms with Crippen LogP contribution in [0, 0.1) is 12.8 Å². The Morgan fingerprint density at radius 2 is 1.86 bits per heavy atom. The van der Waals surface area contributed by atoms with E-state index >= 15 is 0 Å². The number of nitrogens with one attached hydrogen (secondary N) is 1. The number of nitrogens with zero attached hydrogens (tertiary/aromatic N) is 3. The molecule has 1 fully saturated rings. The first kappa shape index (κ1) is 14.1. The van der Waals surface area contributed by atoms with Gasteiger partial charge in [-0.2, -0.15) is 0 Å². The van der Waals surface area contributed by atoms with Crippen LogP contribution < -0.4 is 0 Å². The molecule has 21 heavy (non-hydrogen) atoms. The van der Waals surface area contributed by atoms with E-state index in [1.807, 2.05) is 11.8 Å². The van der Waals surface area contributed by atoms with Crippen molar-refractivity contribution in [2.24, 2.45) is 5.92 Å². The Labute approximate surface area is 124 Å². The molecule has 1 aliphatic carbocycles. The van der Waals surface area contributed by atoms with Crippen molar-refractivity contribution >= 4 is 11.8 Å². The van der Waals surface area contributed by atoms with Crippen molar-refractivity contribution in [1.82, 2.24) is 19.8 Å². The molecular weight excluding hydrogens is 268 g/mol. The fourth-order valence-electron chi connectivity index (χ4n) is 3.33. The summed E-state index contributed by atoms with van der Waals surface area (Å²) in [5.41, 5.74) is 2.25. The molecule has 2 amide bonds. The molecule has 1 atom stereocenters. The van der Waals surface area contributed by atoms with E-state index in [0.717, 1.165) is 36.5 Å². The monoisotopic (exact) mass is 290 g/mol. The predicted octanol–water partition coefficient (Wildman–Crippen LogP) is 0.514. The van der Waals surface area contributed by atoms with Gasteiger partial charge in [-0.05, 0) is 19.8 Å². The molecule has 2 heterocycles. The van der Waals surface area contributed by atoms with E-state index in [1.54, 1.807) is 11.8 Å². The zero-order chi connectivity index (χ0) is 15.0. The Balaban J connectivity index is 1.61. The summed E-state index contributed by atoms with van der Waals surface area (Å²) in [4.78, 5) is 35.4. The maximum atomic E-state index is 12.6. The summed E-state index contributed by atoms with van der Waals surface area (Å²) in [6.45, 7) is 6.16. The van der Waals surface area contributed by atoms with Crippen LogP contribution in [0.15, 0.2) is 0 Å². The SMILES string of the molecule is CC(=O)N1CCN(C(=O)C2CCc3nc(C)[nH]c3C2)CC1. The summed E-state index contributed by atoms with van der Waals surface area (Å²) in [7, 11) is 0. The van der Waals surface area contributed by atoms with E-state index in [0.29, 0.717) is 26.2 Å². The van der Waals surface area contributed by atoms with E-state index in [1.165, 1.54) is 0 Å². The number of aromatic amines is 1. The quantitative estimate of drug-likeness (QED) is 0.819. The van der Waals surface area contributed by atoms with Crippen LogP contribution in [-0.4, -0.2) is 57.8 Å². The summed E-state index contributed by atoms with van der Waals surface area (Å²) >= 11 is 0. The number of hydrogen-bond donors (Lipinski definition) is 1. The third-order valence-electron chi connectivity index (χ3n) is 4.55. The lowest BCUT2D eigenvalue weighted by molar-refractivity contribution is -0.141. The molecule has 2 aliphatic rings.